The first kappa shape index (κ1) is 18.9. The van der Waals surface area contributed by atoms with Crippen LogP contribution in [0.1, 0.15) is 11.1 Å². The molecule has 0 N–H and O–H groups in total. The summed E-state index contributed by atoms with van der Waals surface area (Å²) in [7, 11) is -1.74. The Morgan fingerprint density at radius 3 is 2.33 bits per heavy atom. The van der Waals surface area contributed by atoms with E-state index >= 15 is 0 Å². The third-order valence-corrected chi connectivity index (χ3v) is 5.34. The maximum atomic E-state index is 12.1. The largest absolute Gasteiger partial charge is 0.489 e. The summed E-state index contributed by atoms with van der Waals surface area (Å²) in [6.45, 7) is 2.07. The Balaban J connectivity index is 2.05. The smallest absolute Gasteiger partial charge is 0.253 e. The molecule has 1 aromatic heterocycles. The van der Waals surface area contributed by atoms with Crippen LogP contribution in [0.15, 0.2) is 70.5 Å². The fraction of sp³-hybridized carbons (Fsp3) is 0.190. The molecule has 3 aromatic rings. The Bertz CT molecular complexity index is 1110. The highest BCUT2D eigenvalue weighted by molar-refractivity contribution is 7.90. The second-order valence-corrected chi connectivity index (χ2v) is 8.58. The van der Waals surface area contributed by atoms with E-state index in [1.807, 2.05) is 30.3 Å². The minimum Gasteiger partial charge on any atom is -0.489 e. The molecule has 0 amide bonds. The van der Waals surface area contributed by atoms with Gasteiger partial charge >= 0.3 is 0 Å². The normalized spacial score (nSPS) is 11.4. The molecule has 0 bridgehead atoms. The van der Waals surface area contributed by atoms with Crippen LogP contribution in [0.25, 0.3) is 11.1 Å². The van der Waals surface area contributed by atoms with Gasteiger partial charge in [-0.05, 0) is 47.9 Å². The van der Waals surface area contributed by atoms with E-state index in [2.05, 4.69) is 0 Å². The van der Waals surface area contributed by atoms with E-state index in [-0.39, 0.29) is 10.5 Å². The fourth-order valence-electron chi connectivity index (χ4n) is 2.81. The lowest BCUT2D eigenvalue weighted by Gasteiger charge is -2.12. The van der Waals surface area contributed by atoms with Gasteiger partial charge in [-0.2, -0.15) is 0 Å². The minimum atomic E-state index is -3.42. The molecule has 0 unspecified atom stereocenters. The summed E-state index contributed by atoms with van der Waals surface area (Å²) in [5, 5.41) is 0. The molecule has 3 rings (SSSR count). The Morgan fingerprint density at radius 2 is 1.70 bits per heavy atom. The van der Waals surface area contributed by atoms with E-state index in [1.165, 1.54) is 16.9 Å². The van der Waals surface area contributed by atoms with Crippen molar-refractivity contribution < 1.29 is 13.2 Å². The van der Waals surface area contributed by atoms with Gasteiger partial charge in [-0.1, -0.05) is 30.3 Å². The van der Waals surface area contributed by atoms with Gasteiger partial charge in [0.2, 0.25) is 0 Å². The Morgan fingerprint density at radius 1 is 1.00 bits per heavy atom. The van der Waals surface area contributed by atoms with E-state index in [0.717, 1.165) is 11.1 Å². The Labute approximate surface area is 158 Å². The number of sulfone groups is 1. The van der Waals surface area contributed by atoms with Gasteiger partial charge in [0.25, 0.3) is 5.56 Å². The first-order valence-corrected chi connectivity index (χ1v) is 10.3. The zero-order valence-corrected chi connectivity index (χ0v) is 16.3. The minimum absolute atomic E-state index is 0.0847. The predicted molar refractivity (Wildman–Crippen MR) is 106 cm³/mol. The van der Waals surface area contributed by atoms with Crippen LogP contribution in [0.5, 0.6) is 5.75 Å². The number of aryl methyl sites for hydroxylation is 2. The first-order valence-electron chi connectivity index (χ1n) is 8.43. The van der Waals surface area contributed by atoms with Gasteiger partial charge in [0.05, 0.1) is 4.90 Å². The number of rotatable bonds is 5. The average Bonchev–Trinajstić information content (AvgIpc) is 2.64. The van der Waals surface area contributed by atoms with E-state index in [4.69, 9.17) is 4.74 Å². The van der Waals surface area contributed by atoms with Crippen molar-refractivity contribution in [1.29, 1.82) is 0 Å². The van der Waals surface area contributed by atoms with Crippen molar-refractivity contribution in [2.75, 3.05) is 6.26 Å². The van der Waals surface area contributed by atoms with Crippen molar-refractivity contribution in [2.45, 2.75) is 18.4 Å². The number of hydrogen-bond donors (Lipinski definition) is 0. The number of aromatic nitrogens is 1. The van der Waals surface area contributed by atoms with E-state index in [9.17, 15) is 13.2 Å². The number of pyridine rings is 1. The molecule has 1 heterocycles. The second-order valence-electron chi connectivity index (χ2n) is 6.57. The molecule has 0 atom stereocenters. The molecule has 0 fully saturated rings. The van der Waals surface area contributed by atoms with Crippen LogP contribution in [0.3, 0.4) is 0 Å². The quantitative estimate of drug-likeness (QED) is 0.678. The molecule has 2 aromatic carbocycles. The van der Waals surface area contributed by atoms with Crippen LogP contribution in [0.2, 0.25) is 0 Å². The Kier molecular flexibility index (Phi) is 5.19. The van der Waals surface area contributed by atoms with Crippen LogP contribution >= 0.6 is 0 Å². The lowest BCUT2D eigenvalue weighted by molar-refractivity contribution is 0.305. The van der Waals surface area contributed by atoms with Gasteiger partial charge in [-0.15, -0.1) is 0 Å². The molecule has 27 heavy (non-hydrogen) atoms. The van der Waals surface area contributed by atoms with Gasteiger partial charge in [0, 0.05) is 25.1 Å². The molecule has 6 heteroatoms. The van der Waals surface area contributed by atoms with Gasteiger partial charge in [0.15, 0.2) is 9.84 Å². The molecule has 0 radical (unpaired) electrons. The number of hydrogen-bond acceptors (Lipinski definition) is 4. The highest BCUT2D eigenvalue weighted by Gasteiger charge is 2.13. The molecular weight excluding hydrogens is 362 g/mol. The highest BCUT2D eigenvalue weighted by atomic mass is 32.2. The standard InChI is InChI=1S/C21H21NO4S/c1-15-9-18(13-22(2)21(15)23)17-10-19(12-20(11-17)27(3,24)25)26-14-16-7-5-4-6-8-16/h4-13H,14H2,1-3H3. The SMILES string of the molecule is Cc1cc(-c2cc(OCc3ccccc3)cc(S(C)(=O)=O)c2)cn(C)c1=O. The van der Waals surface area contributed by atoms with Crippen molar-refractivity contribution >= 4 is 9.84 Å². The number of ether oxygens (including phenoxy) is 1. The Hall–Kier alpha value is -2.86. The molecule has 0 spiro atoms. The molecule has 0 aliphatic rings. The summed E-state index contributed by atoms with van der Waals surface area (Å²) in [6.07, 6.45) is 2.86. The summed E-state index contributed by atoms with van der Waals surface area (Å²) in [4.78, 5) is 12.1. The summed E-state index contributed by atoms with van der Waals surface area (Å²) >= 11 is 0. The third kappa shape index (κ3) is 4.46. The molecule has 0 aliphatic heterocycles. The van der Waals surface area contributed by atoms with Crippen molar-refractivity contribution in [1.82, 2.24) is 4.57 Å². The van der Waals surface area contributed by atoms with Crippen LogP contribution in [0.4, 0.5) is 0 Å². The summed E-state index contributed by atoms with van der Waals surface area (Å²) in [5.41, 5.74) is 2.93. The fourth-order valence-corrected chi connectivity index (χ4v) is 3.48. The third-order valence-electron chi connectivity index (χ3n) is 4.25. The number of nitrogens with zero attached hydrogens (tertiary/aromatic N) is 1. The van der Waals surface area contributed by atoms with E-state index in [0.29, 0.717) is 23.5 Å². The van der Waals surface area contributed by atoms with Crippen LogP contribution in [-0.4, -0.2) is 19.2 Å². The molecule has 0 saturated heterocycles. The monoisotopic (exact) mass is 383 g/mol. The summed E-state index contributed by atoms with van der Waals surface area (Å²) in [6, 6.07) is 16.3. The molecule has 0 aliphatic carbocycles. The average molecular weight is 383 g/mol. The molecule has 0 saturated carbocycles. The van der Waals surface area contributed by atoms with Crippen LogP contribution < -0.4 is 10.3 Å². The van der Waals surface area contributed by atoms with Crippen molar-refractivity contribution in [3.63, 3.8) is 0 Å². The second kappa shape index (κ2) is 7.40. The van der Waals surface area contributed by atoms with E-state index < -0.39 is 9.84 Å². The zero-order valence-electron chi connectivity index (χ0n) is 15.5. The first-order chi connectivity index (χ1) is 12.7. The van der Waals surface area contributed by atoms with Gasteiger partial charge in [0.1, 0.15) is 12.4 Å². The maximum absolute atomic E-state index is 12.1. The molecule has 5 nitrogen and oxygen atoms in total. The van der Waals surface area contributed by atoms with Gasteiger partial charge < -0.3 is 9.30 Å². The predicted octanol–water partition coefficient (Wildman–Crippen LogP) is 3.34. The highest BCUT2D eigenvalue weighted by Crippen LogP contribution is 2.29. The lowest BCUT2D eigenvalue weighted by atomic mass is 10.1. The summed E-state index contributed by atoms with van der Waals surface area (Å²) < 4.78 is 31.6. The summed E-state index contributed by atoms with van der Waals surface area (Å²) in [5.74, 6) is 0.461. The van der Waals surface area contributed by atoms with E-state index in [1.54, 1.807) is 38.4 Å². The van der Waals surface area contributed by atoms with Gasteiger partial charge in [-0.3, -0.25) is 4.79 Å². The van der Waals surface area contributed by atoms with Crippen LogP contribution in [0, 0.1) is 6.92 Å². The topological polar surface area (TPSA) is 65.4 Å². The number of benzene rings is 2. The van der Waals surface area contributed by atoms with Crippen molar-refractivity contribution in [3.05, 3.63) is 82.3 Å². The van der Waals surface area contributed by atoms with Gasteiger partial charge in [-0.25, -0.2) is 8.42 Å². The zero-order chi connectivity index (χ0) is 19.6. The molecule has 140 valence electrons. The molecular formula is C21H21NO4S. The maximum Gasteiger partial charge on any atom is 0.253 e. The van der Waals surface area contributed by atoms with Crippen molar-refractivity contribution in [3.8, 4) is 16.9 Å². The van der Waals surface area contributed by atoms with Crippen molar-refractivity contribution in [2.24, 2.45) is 7.05 Å². The lowest BCUT2D eigenvalue weighted by Crippen LogP contribution is -2.18. The van der Waals surface area contributed by atoms with Crippen LogP contribution in [-0.2, 0) is 23.5 Å².